The first kappa shape index (κ1) is 13.2. The molecule has 0 heterocycles. The standard InChI is InChI=1S/C11H11ClN2O3/c1-2-17-10(15)7-13-14-11(16)8-3-5-9(12)6-4-8/h3-7H,2H2,1H3,(H,14,16)/b13-7+. The summed E-state index contributed by atoms with van der Waals surface area (Å²) in [7, 11) is 0. The molecule has 1 rings (SSSR count). The lowest BCUT2D eigenvalue weighted by Crippen LogP contribution is -2.19. The van der Waals surface area contributed by atoms with E-state index in [9.17, 15) is 9.59 Å². The Morgan fingerprint density at radius 2 is 2.06 bits per heavy atom. The van der Waals surface area contributed by atoms with Gasteiger partial charge in [-0.3, -0.25) is 4.79 Å². The quantitative estimate of drug-likeness (QED) is 0.504. The molecule has 90 valence electrons. The number of halogens is 1. The van der Waals surface area contributed by atoms with Crippen LogP contribution in [0.4, 0.5) is 0 Å². The van der Waals surface area contributed by atoms with Gasteiger partial charge in [-0.05, 0) is 31.2 Å². The van der Waals surface area contributed by atoms with Crippen LogP contribution in [0.2, 0.25) is 5.02 Å². The maximum Gasteiger partial charge on any atom is 0.351 e. The number of esters is 1. The molecule has 0 bridgehead atoms. The summed E-state index contributed by atoms with van der Waals surface area (Å²) in [5.41, 5.74) is 2.59. The van der Waals surface area contributed by atoms with Gasteiger partial charge in [0.25, 0.3) is 5.91 Å². The molecule has 1 aromatic rings. The highest BCUT2D eigenvalue weighted by molar-refractivity contribution is 6.30. The van der Waals surface area contributed by atoms with Crippen LogP contribution in [0.5, 0.6) is 0 Å². The molecule has 1 amide bonds. The van der Waals surface area contributed by atoms with E-state index in [1.807, 2.05) is 0 Å². The maximum absolute atomic E-state index is 11.5. The summed E-state index contributed by atoms with van der Waals surface area (Å²) in [6, 6.07) is 6.28. The van der Waals surface area contributed by atoms with Crippen molar-refractivity contribution in [2.75, 3.05) is 6.61 Å². The third-order valence-corrected chi connectivity index (χ3v) is 1.98. The molecular weight excluding hydrogens is 244 g/mol. The van der Waals surface area contributed by atoms with Gasteiger partial charge >= 0.3 is 5.97 Å². The van der Waals surface area contributed by atoms with Gasteiger partial charge in [-0.25, -0.2) is 10.2 Å². The van der Waals surface area contributed by atoms with Crippen molar-refractivity contribution < 1.29 is 14.3 Å². The van der Waals surface area contributed by atoms with Gasteiger partial charge in [0, 0.05) is 10.6 Å². The van der Waals surface area contributed by atoms with Crippen LogP contribution in [-0.4, -0.2) is 24.7 Å². The largest absolute Gasteiger partial charge is 0.462 e. The minimum Gasteiger partial charge on any atom is -0.462 e. The third-order valence-electron chi connectivity index (χ3n) is 1.73. The van der Waals surface area contributed by atoms with Crippen molar-refractivity contribution in [2.45, 2.75) is 6.92 Å². The second-order valence-corrected chi connectivity index (χ2v) is 3.39. The second-order valence-electron chi connectivity index (χ2n) is 2.96. The Hall–Kier alpha value is -1.88. The number of hydrogen-bond donors (Lipinski definition) is 1. The Labute approximate surface area is 103 Å². The number of carbonyl (C=O) groups is 2. The van der Waals surface area contributed by atoms with E-state index in [1.54, 1.807) is 31.2 Å². The van der Waals surface area contributed by atoms with Crippen LogP contribution in [0.3, 0.4) is 0 Å². The van der Waals surface area contributed by atoms with Crippen LogP contribution in [-0.2, 0) is 9.53 Å². The Kier molecular flexibility index (Phi) is 5.16. The number of benzene rings is 1. The molecule has 0 aliphatic carbocycles. The predicted octanol–water partition coefficient (Wildman–Crippen LogP) is 1.62. The number of hydrazone groups is 1. The van der Waals surface area contributed by atoms with Gasteiger partial charge in [-0.15, -0.1) is 0 Å². The topological polar surface area (TPSA) is 67.8 Å². The Morgan fingerprint density at radius 3 is 2.65 bits per heavy atom. The highest BCUT2D eigenvalue weighted by Gasteiger charge is 2.03. The molecule has 0 saturated heterocycles. The van der Waals surface area contributed by atoms with E-state index in [0.29, 0.717) is 10.6 Å². The number of hydrogen-bond acceptors (Lipinski definition) is 4. The molecule has 0 radical (unpaired) electrons. The summed E-state index contributed by atoms with van der Waals surface area (Å²) >= 11 is 5.67. The zero-order valence-electron chi connectivity index (χ0n) is 9.14. The van der Waals surface area contributed by atoms with E-state index in [4.69, 9.17) is 11.6 Å². The summed E-state index contributed by atoms with van der Waals surface area (Å²) in [5, 5.41) is 4.00. The number of nitrogens with one attached hydrogen (secondary N) is 1. The second kappa shape index (κ2) is 6.65. The van der Waals surface area contributed by atoms with E-state index in [0.717, 1.165) is 6.21 Å². The zero-order chi connectivity index (χ0) is 12.7. The molecule has 0 aromatic heterocycles. The van der Waals surface area contributed by atoms with Crippen molar-refractivity contribution in [1.29, 1.82) is 0 Å². The fourth-order valence-electron chi connectivity index (χ4n) is 0.989. The molecule has 0 aliphatic rings. The van der Waals surface area contributed by atoms with Gasteiger partial charge in [-0.1, -0.05) is 11.6 Å². The van der Waals surface area contributed by atoms with E-state index < -0.39 is 11.9 Å². The van der Waals surface area contributed by atoms with Crippen molar-refractivity contribution >= 4 is 29.7 Å². The first-order valence-electron chi connectivity index (χ1n) is 4.89. The SMILES string of the molecule is CCOC(=O)/C=N/NC(=O)c1ccc(Cl)cc1. The summed E-state index contributed by atoms with van der Waals surface area (Å²) in [6.07, 6.45) is 0.900. The Morgan fingerprint density at radius 1 is 1.41 bits per heavy atom. The number of ether oxygens (including phenoxy) is 1. The minimum absolute atomic E-state index is 0.260. The van der Waals surface area contributed by atoms with Crippen molar-refractivity contribution in [2.24, 2.45) is 5.10 Å². The van der Waals surface area contributed by atoms with Crippen LogP contribution >= 0.6 is 11.6 Å². The van der Waals surface area contributed by atoms with Gasteiger partial charge in [0.1, 0.15) is 6.21 Å². The van der Waals surface area contributed by atoms with Crippen molar-refractivity contribution in [3.8, 4) is 0 Å². The highest BCUT2D eigenvalue weighted by atomic mass is 35.5. The lowest BCUT2D eigenvalue weighted by molar-refractivity contribution is -0.134. The minimum atomic E-state index is -0.607. The van der Waals surface area contributed by atoms with Crippen LogP contribution < -0.4 is 5.43 Å². The molecule has 0 unspecified atom stereocenters. The normalized spacial score (nSPS) is 10.2. The zero-order valence-corrected chi connectivity index (χ0v) is 9.90. The molecular formula is C11H11ClN2O3. The molecule has 1 N–H and O–H groups in total. The third kappa shape index (κ3) is 4.65. The van der Waals surface area contributed by atoms with Gasteiger partial charge < -0.3 is 4.74 Å². The van der Waals surface area contributed by atoms with Crippen molar-refractivity contribution in [3.05, 3.63) is 34.9 Å². The predicted molar refractivity (Wildman–Crippen MR) is 64.0 cm³/mol. The van der Waals surface area contributed by atoms with Crippen LogP contribution in [0, 0.1) is 0 Å². The van der Waals surface area contributed by atoms with Crippen molar-refractivity contribution in [1.82, 2.24) is 5.43 Å². The summed E-state index contributed by atoms with van der Waals surface area (Å²) in [5.74, 6) is -1.04. The maximum atomic E-state index is 11.5. The van der Waals surface area contributed by atoms with Crippen LogP contribution in [0.25, 0.3) is 0 Å². The van der Waals surface area contributed by atoms with E-state index in [-0.39, 0.29) is 6.61 Å². The summed E-state index contributed by atoms with van der Waals surface area (Å²) < 4.78 is 4.59. The van der Waals surface area contributed by atoms with Gasteiger partial charge in [0.15, 0.2) is 0 Å². The average Bonchev–Trinajstić information content (AvgIpc) is 2.30. The summed E-state index contributed by atoms with van der Waals surface area (Å²) in [6.45, 7) is 1.94. The van der Waals surface area contributed by atoms with Crippen molar-refractivity contribution in [3.63, 3.8) is 0 Å². The van der Waals surface area contributed by atoms with Crippen LogP contribution in [0.1, 0.15) is 17.3 Å². The van der Waals surface area contributed by atoms with Gasteiger partial charge in [0.2, 0.25) is 0 Å². The van der Waals surface area contributed by atoms with Gasteiger partial charge in [0.05, 0.1) is 6.61 Å². The van der Waals surface area contributed by atoms with E-state index in [2.05, 4.69) is 15.3 Å². The number of amides is 1. The first-order valence-corrected chi connectivity index (χ1v) is 5.27. The molecule has 6 heteroatoms. The van der Waals surface area contributed by atoms with E-state index in [1.165, 1.54) is 0 Å². The monoisotopic (exact) mass is 254 g/mol. The average molecular weight is 255 g/mol. The Balaban J connectivity index is 2.50. The number of rotatable bonds is 4. The molecule has 0 aliphatic heterocycles. The molecule has 0 atom stereocenters. The number of nitrogens with zero attached hydrogens (tertiary/aromatic N) is 1. The first-order chi connectivity index (χ1) is 8.13. The molecule has 5 nitrogen and oxygen atoms in total. The fraction of sp³-hybridized carbons (Fsp3) is 0.182. The molecule has 0 saturated carbocycles. The lowest BCUT2D eigenvalue weighted by atomic mass is 10.2. The van der Waals surface area contributed by atoms with Crippen LogP contribution in [0.15, 0.2) is 29.4 Å². The lowest BCUT2D eigenvalue weighted by Gasteiger charge is -1.99. The molecule has 0 fully saturated rings. The molecule has 17 heavy (non-hydrogen) atoms. The van der Waals surface area contributed by atoms with Gasteiger partial charge in [-0.2, -0.15) is 5.10 Å². The smallest absolute Gasteiger partial charge is 0.351 e. The highest BCUT2D eigenvalue weighted by Crippen LogP contribution is 2.09. The fourth-order valence-corrected chi connectivity index (χ4v) is 1.11. The number of carbonyl (C=O) groups excluding carboxylic acids is 2. The molecule has 1 aromatic carbocycles. The molecule has 0 spiro atoms. The Bertz CT molecular complexity index is 429. The summed E-state index contributed by atoms with van der Waals surface area (Å²) in [4.78, 5) is 22.3. The van der Waals surface area contributed by atoms with E-state index >= 15 is 0 Å².